The van der Waals surface area contributed by atoms with Crippen LogP contribution in [-0.2, 0) is 9.53 Å². The number of hydrogen-bond acceptors (Lipinski definition) is 4. The van der Waals surface area contributed by atoms with Gasteiger partial charge in [0.1, 0.15) is 5.75 Å². The Morgan fingerprint density at radius 1 is 1.24 bits per heavy atom. The van der Waals surface area contributed by atoms with Gasteiger partial charge in [0.25, 0.3) is 0 Å². The van der Waals surface area contributed by atoms with Crippen LogP contribution in [0.25, 0.3) is 0 Å². The van der Waals surface area contributed by atoms with E-state index in [1.54, 1.807) is 25.1 Å². The van der Waals surface area contributed by atoms with Crippen molar-refractivity contribution < 1.29 is 19.1 Å². The number of nitrogens with one attached hydrogen (secondary N) is 1. The second-order valence-electron chi connectivity index (χ2n) is 4.98. The zero-order chi connectivity index (χ0) is 15.2. The molecule has 5 heteroatoms. The first-order chi connectivity index (χ1) is 10.2. The van der Waals surface area contributed by atoms with Gasteiger partial charge in [0, 0.05) is 5.92 Å². The number of amides is 1. The SMILES string of the molecule is CCOC(=O)c1ccc(NC(=O)C2CCC2)c(OCC)c1. The second-order valence-corrected chi connectivity index (χ2v) is 4.98. The highest BCUT2D eigenvalue weighted by Gasteiger charge is 2.26. The van der Waals surface area contributed by atoms with E-state index >= 15 is 0 Å². The lowest BCUT2D eigenvalue weighted by Crippen LogP contribution is -2.28. The molecule has 0 saturated heterocycles. The van der Waals surface area contributed by atoms with Crippen LogP contribution < -0.4 is 10.1 Å². The molecule has 0 radical (unpaired) electrons. The minimum atomic E-state index is -0.393. The second kappa shape index (κ2) is 7.11. The zero-order valence-electron chi connectivity index (χ0n) is 12.5. The van der Waals surface area contributed by atoms with Gasteiger partial charge in [0.05, 0.1) is 24.5 Å². The Hall–Kier alpha value is -2.04. The fourth-order valence-electron chi connectivity index (χ4n) is 2.15. The normalized spacial score (nSPS) is 14.2. The monoisotopic (exact) mass is 291 g/mol. The summed E-state index contributed by atoms with van der Waals surface area (Å²) < 4.78 is 10.5. The van der Waals surface area contributed by atoms with Gasteiger partial charge in [-0.25, -0.2) is 4.79 Å². The molecule has 2 rings (SSSR count). The highest BCUT2D eigenvalue weighted by atomic mass is 16.5. The third-order valence-corrected chi connectivity index (χ3v) is 3.53. The summed E-state index contributed by atoms with van der Waals surface area (Å²) in [6, 6.07) is 4.93. The minimum Gasteiger partial charge on any atom is -0.492 e. The molecule has 1 aliphatic carbocycles. The van der Waals surface area contributed by atoms with E-state index in [4.69, 9.17) is 9.47 Å². The lowest BCUT2D eigenvalue weighted by molar-refractivity contribution is -0.122. The van der Waals surface area contributed by atoms with Crippen LogP contribution in [0.5, 0.6) is 5.75 Å². The molecule has 0 spiro atoms. The first-order valence-corrected chi connectivity index (χ1v) is 7.40. The molecule has 1 amide bonds. The van der Waals surface area contributed by atoms with Gasteiger partial charge in [0.15, 0.2) is 0 Å². The molecule has 1 saturated carbocycles. The summed E-state index contributed by atoms with van der Waals surface area (Å²) >= 11 is 0. The van der Waals surface area contributed by atoms with Crippen LogP contribution in [0.1, 0.15) is 43.5 Å². The summed E-state index contributed by atoms with van der Waals surface area (Å²) in [6.45, 7) is 4.39. The van der Waals surface area contributed by atoms with E-state index in [1.165, 1.54) is 0 Å². The van der Waals surface area contributed by atoms with Gasteiger partial charge in [-0.3, -0.25) is 4.79 Å². The molecule has 0 bridgehead atoms. The van der Waals surface area contributed by atoms with Gasteiger partial charge >= 0.3 is 5.97 Å². The Balaban J connectivity index is 2.15. The summed E-state index contributed by atoms with van der Waals surface area (Å²) in [5.74, 6) is 0.223. The van der Waals surface area contributed by atoms with E-state index in [9.17, 15) is 9.59 Å². The molecule has 21 heavy (non-hydrogen) atoms. The topological polar surface area (TPSA) is 64.6 Å². The number of carbonyl (C=O) groups is 2. The number of carbonyl (C=O) groups excluding carboxylic acids is 2. The van der Waals surface area contributed by atoms with Crippen molar-refractivity contribution in [2.45, 2.75) is 33.1 Å². The maximum absolute atomic E-state index is 12.0. The molecule has 5 nitrogen and oxygen atoms in total. The number of rotatable bonds is 6. The van der Waals surface area contributed by atoms with Crippen LogP contribution in [-0.4, -0.2) is 25.1 Å². The summed E-state index contributed by atoms with van der Waals surface area (Å²) in [7, 11) is 0. The third-order valence-electron chi connectivity index (χ3n) is 3.53. The quantitative estimate of drug-likeness (QED) is 0.818. The average molecular weight is 291 g/mol. The predicted molar refractivity (Wildman–Crippen MR) is 79.5 cm³/mol. The van der Waals surface area contributed by atoms with Crippen LogP contribution in [0.15, 0.2) is 18.2 Å². The van der Waals surface area contributed by atoms with Crippen molar-refractivity contribution in [3.63, 3.8) is 0 Å². The van der Waals surface area contributed by atoms with Crippen molar-refractivity contribution in [1.29, 1.82) is 0 Å². The number of benzene rings is 1. The number of esters is 1. The van der Waals surface area contributed by atoms with Gasteiger partial charge < -0.3 is 14.8 Å². The molecule has 1 aliphatic rings. The molecule has 0 atom stereocenters. The number of anilines is 1. The van der Waals surface area contributed by atoms with E-state index in [0.717, 1.165) is 19.3 Å². The number of hydrogen-bond donors (Lipinski definition) is 1. The first-order valence-electron chi connectivity index (χ1n) is 7.40. The van der Waals surface area contributed by atoms with Crippen molar-refractivity contribution in [3.8, 4) is 5.75 Å². The Morgan fingerprint density at radius 3 is 2.57 bits per heavy atom. The molecule has 1 aromatic carbocycles. The van der Waals surface area contributed by atoms with Crippen LogP contribution in [0.4, 0.5) is 5.69 Å². The predicted octanol–water partition coefficient (Wildman–Crippen LogP) is 3.00. The smallest absolute Gasteiger partial charge is 0.338 e. The van der Waals surface area contributed by atoms with Crippen LogP contribution in [0, 0.1) is 5.92 Å². The fraction of sp³-hybridized carbons (Fsp3) is 0.500. The molecule has 0 unspecified atom stereocenters. The van der Waals surface area contributed by atoms with Gasteiger partial charge in [0.2, 0.25) is 5.91 Å². The number of ether oxygens (including phenoxy) is 2. The molecule has 114 valence electrons. The van der Waals surface area contributed by atoms with Crippen molar-refractivity contribution in [3.05, 3.63) is 23.8 Å². The van der Waals surface area contributed by atoms with E-state index in [0.29, 0.717) is 30.2 Å². The molecular formula is C16H21NO4. The van der Waals surface area contributed by atoms with Crippen molar-refractivity contribution in [2.24, 2.45) is 5.92 Å². The molecular weight excluding hydrogens is 270 g/mol. The summed E-state index contributed by atoms with van der Waals surface area (Å²) in [5.41, 5.74) is 1.02. The van der Waals surface area contributed by atoms with Gasteiger partial charge in [-0.15, -0.1) is 0 Å². The van der Waals surface area contributed by atoms with Gasteiger partial charge in [-0.2, -0.15) is 0 Å². The van der Waals surface area contributed by atoms with E-state index < -0.39 is 5.97 Å². The fourth-order valence-corrected chi connectivity index (χ4v) is 2.15. The average Bonchev–Trinajstić information content (AvgIpc) is 2.39. The Kier molecular flexibility index (Phi) is 5.20. The molecule has 0 aromatic heterocycles. The van der Waals surface area contributed by atoms with Gasteiger partial charge in [-0.1, -0.05) is 6.42 Å². The van der Waals surface area contributed by atoms with E-state index in [2.05, 4.69) is 5.32 Å². The van der Waals surface area contributed by atoms with E-state index in [-0.39, 0.29) is 11.8 Å². The van der Waals surface area contributed by atoms with Gasteiger partial charge in [-0.05, 0) is 44.9 Å². The molecule has 1 aromatic rings. The molecule has 1 fully saturated rings. The Labute approximate surface area is 124 Å². The molecule has 0 heterocycles. The van der Waals surface area contributed by atoms with Crippen LogP contribution in [0.2, 0.25) is 0 Å². The lowest BCUT2D eigenvalue weighted by Gasteiger charge is -2.24. The van der Waals surface area contributed by atoms with Crippen LogP contribution in [0.3, 0.4) is 0 Å². The third kappa shape index (κ3) is 3.74. The largest absolute Gasteiger partial charge is 0.492 e. The summed E-state index contributed by atoms with van der Waals surface area (Å²) in [6.07, 6.45) is 2.99. The highest BCUT2D eigenvalue weighted by molar-refractivity contribution is 5.96. The Bertz CT molecular complexity index is 523. The maximum Gasteiger partial charge on any atom is 0.338 e. The van der Waals surface area contributed by atoms with Crippen molar-refractivity contribution >= 4 is 17.6 Å². The highest BCUT2D eigenvalue weighted by Crippen LogP contribution is 2.31. The lowest BCUT2D eigenvalue weighted by atomic mass is 9.85. The maximum atomic E-state index is 12.0. The molecule has 0 aliphatic heterocycles. The van der Waals surface area contributed by atoms with Crippen molar-refractivity contribution in [1.82, 2.24) is 0 Å². The van der Waals surface area contributed by atoms with Crippen molar-refractivity contribution in [2.75, 3.05) is 18.5 Å². The van der Waals surface area contributed by atoms with E-state index in [1.807, 2.05) is 6.92 Å². The minimum absolute atomic E-state index is 0.0195. The standard InChI is InChI=1S/C16H21NO4/c1-3-20-14-10-12(16(19)21-4-2)8-9-13(14)17-15(18)11-6-5-7-11/h8-11H,3-7H2,1-2H3,(H,17,18). The zero-order valence-corrected chi connectivity index (χ0v) is 12.5. The first kappa shape index (κ1) is 15.4. The summed E-state index contributed by atoms with van der Waals surface area (Å²) in [5, 5.41) is 2.88. The molecule has 1 N–H and O–H groups in total. The summed E-state index contributed by atoms with van der Waals surface area (Å²) in [4.78, 5) is 23.7. The Morgan fingerprint density at radius 2 is 2.00 bits per heavy atom. The van der Waals surface area contributed by atoms with Crippen LogP contribution >= 0.6 is 0 Å².